The first-order valence-electron chi connectivity index (χ1n) is 3.70. The third-order valence-electron chi connectivity index (χ3n) is 1.91. The minimum absolute atomic E-state index is 0.773. The highest BCUT2D eigenvalue weighted by atomic mass is 14.2. The average molecular weight is 122 g/mol. The SMILES string of the molecule is C=C1C=CCC1CCC. The Kier molecular flexibility index (Phi) is 2.10. The van der Waals surface area contributed by atoms with Crippen molar-refractivity contribution in [2.45, 2.75) is 26.2 Å². The van der Waals surface area contributed by atoms with Gasteiger partial charge in [0.15, 0.2) is 0 Å². The normalized spacial score (nSPS) is 25.4. The van der Waals surface area contributed by atoms with Gasteiger partial charge in [0.2, 0.25) is 0 Å². The molecule has 0 radical (unpaired) electrons. The van der Waals surface area contributed by atoms with Gasteiger partial charge in [-0.2, -0.15) is 0 Å². The number of hydrogen-bond donors (Lipinski definition) is 0. The van der Waals surface area contributed by atoms with E-state index in [1.54, 1.807) is 0 Å². The fourth-order valence-electron chi connectivity index (χ4n) is 1.32. The van der Waals surface area contributed by atoms with E-state index >= 15 is 0 Å². The summed E-state index contributed by atoms with van der Waals surface area (Å²) in [6.07, 6.45) is 8.20. The van der Waals surface area contributed by atoms with Gasteiger partial charge >= 0.3 is 0 Å². The van der Waals surface area contributed by atoms with Crippen molar-refractivity contribution in [2.75, 3.05) is 0 Å². The van der Waals surface area contributed by atoms with Crippen molar-refractivity contribution in [3.8, 4) is 0 Å². The molecule has 1 rings (SSSR count). The molecule has 1 aliphatic rings. The van der Waals surface area contributed by atoms with Crippen LogP contribution >= 0.6 is 0 Å². The minimum atomic E-state index is 0.773. The second kappa shape index (κ2) is 2.86. The minimum Gasteiger partial charge on any atom is -0.0955 e. The van der Waals surface area contributed by atoms with Crippen LogP contribution in [0, 0.1) is 5.92 Å². The van der Waals surface area contributed by atoms with E-state index in [1.165, 1.54) is 24.8 Å². The molecule has 0 bridgehead atoms. The second-order valence-corrected chi connectivity index (χ2v) is 2.70. The molecule has 0 spiro atoms. The first kappa shape index (κ1) is 6.60. The molecule has 0 saturated heterocycles. The number of allylic oxidation sites excluding steroid dienone is 3. The zero-order chi connectivity index (χ0) is 6.69. The third kappa shape index (κ3) is 1.44. The van der Waals surface area contributed by atoms with Crippen LogP contribution in [0.2, 0.25) is 0 Å². The Balaban J connectivity index is 2.37. The van der Waals surface area contributed by atoms with Crippen molar-refractivity contribution in [3.63, 3.8) is 0 Å². The Morgan fingerprint density at radius 2 is 2.56 bits per heavy atom. The summed E-state index contributed by atoms with van der Waals surface area (Å²) >= 11 is 0. The summed E-state index contributed by atoms with van der Waals surface area (Å²) in [7, 11) is 0. The standard InChI is InChI=1S/C9H14/c1-3-5-9-7-4-6-8(9)2/h4,6,9H,2-3,5,7H2,1H3. The highest BCUT2D eigenvalue weighted by molar-refractivity contribution is 5.24. The van der Waals surface area contributed by atoms with Crippen molar-refractivity contribution in [1.29, 1.82) is 0 Å². The zero-order valence-corrected chi connectivity index (χ0v) is 6.06. The number of hydrogen-bond acceptors (Lipinski definition) is 0. The molecular formula is C9H14. The fraction of sp³-hybridized carbons (Fsp3) is 0.556. The van der Waals surface area contributed by atoms with E-state index in [0.717, 1.165) is 5.92 Å². The lowest BCUT2D eigenvalue weighted by Crippen LogP contribution is -1.94. The molecule has 0 nitrogen and oxygen atoms in total. The molecule has 1 aliphatic carbocycles. The summed E-state index contributed by atoms with van der Waals surface area (Å²) in [5.74, 6) is 0.773. The summed E-state index contributed by atoms with van der Waals surface area (Å²) in [5.41, 5.74) is 1.33. The highest BCUT2D eigenvalue weighted by Gasteiger charge is 2.11. The van der Waals surface area contributed by atoms with E-state index in [1.807, 2.05) is 0 Å². The Morgan fingerprint density at radius 3 is 3.00 bits per heavy atom. The maximum absolute atomic E-state index is 3.97. The van der Waals surface area contributed by atoms with Gasteiger partial charge in [0, 0.05) is 0 Å². The van der Waals surface area contributed by atoms with Crippen molar-refractivity contribution in [2.24, 2.45) is 5.92 Å². The molecule has 0 saturated carbocycles. The van der Waals surface area contributed by atoms with Crippen LogP contribution in [0.4, 0.5) is 0 Å². The van der Waals surface area contributed by atoms with Gasteiger partial charge in [0.05, 0.1) is 0 Å². The van der Waals surface area contributed by atoms with E-state index in [4.69, 9.17) is 0 Å². The molecule has 0 heteroatoms. The monoisotopic (exact) mass is 122 g/mol. The van der Waals surface area contributed by atoms with Gasteiger partial charge in [0.1, 0.15) is 0 Å². The molecule has 1 unspecified atom stereocenters. The van der Waals surface area contributed by atoms with Gasteiger partial charge < -0.3 is 0 Å². The van der Waals surface area contributed by atoms with Crippen LogP contribution in [0.25, 0.3) is 0 Å². The molecule has 0 aromatic rings. The zero-order valence-electron chi connectivity index (χ0n) is 6.06. The summed E-state index contributed by atoms with van der Waals surface area (Å²) in [4.78, 5) is 0. The lowest BCUT2D eigenvalue weighted by Gasteiger charge is -2.07. The Bertz CT molecular complexity index is 131. The molecule has 0 fully saturated rings. The van der Waals surface area contributed by atoms with E-state index in [-0.39, 0.29) is 0 Å². The molecule has 50 valence electrons. The van der Waals surface area contributed by atoms with Crippen LogP contribution in [0.5, 0.6) is 0 Å². The van der Waals surface area contributed by atoms with Gasteiger partial charge in [-0.15, -0.1) is 0 Å². The molecule has 1 atom stereocenters. The van der Waals surface area contributed by atoms with Crippen LogP contribution in [0.1, 0.15) is 26.2 Å². The predicted octanol–water partition coefficient (Wildman–Crippen LogP) is 2.92. The highest BCUT2D eigenvalue weighted by Crippen LogP contribution is 2.26. The molecule has 0 amide bonds. The Morgan fingerprint density at radius 1 is 1.78 bits per heavy atom. The van der Waals surface area contributed by atoms with Crippen molar-refractivity contribution in [1.82, 2.24) is 0 Å². The molecule has 0 aliphatic heterocycles. The largest absolute Gasteiger partial charge is 0.0955 e. The van der Waals surface area contributed by atoms with Crippen molar-refractivity contribution < 1.29 is 0 Å². The molecular weight excluding hydrogens is 108 g/mol. The van der Waals surface area contributed by atoms with Crippen LogP contribution in [-0.2, 0) is 0 Å². The third-order valence-corrected chi connectivity index (χ3v) is 1.91. The first-order chi connectivity index (χ1) is 4.34. The Labute approximate surface area is 57.3 Å². The predicted molar refractivity (Wildman–Crippen MR) is 41.3 cm³/mol. The van der Waals surface area contributed by atoms with E-state index < -0.39 is 0 Å². The maximum atomic E-state index is 3.97. The molecule has 0 N–H and O–H groups in total. The van der Waals surface area contributed by atoms with Gasteiger partial charge in [-0.1, -0.05) is 37.6 Å². The van der Waals surface area contributed by atoms with Crippen LogP contribution in [0.3, 0.4) is 0 Å². The Hall–Kier alpha value is -0.520. The topological polar surface area (TPSA) is 0 Å². The van der Waals surface area contributed by atoms with Crippen molar-refractivity contribution >= 4 is 0 Å². The molecule has 0 aromatic carbocycles. The van der Waals surface area contributed by atoms with Crippen LogP contribution < -0.4 is 0 Å². The van der Waals surface area contributed by atoms with E-state index in [9.17, 15) is 0 Å². The van der Waals surface area contributed by atoms with Crippen LogP contribution in [0.15, 0.2) is 24.3 Å². The van der Waals surface area contributed by atoms with Crippen molar-refractivity contribution in [3.05, 3.63) is 24.3 Å². The molecule has 0 aromatic heterocycles. The van der Waals surface area contributed by atoms with Gasteiger partial charge in [-0.3, -0.25) is 0 Å². The smallest absolute Gasteiger partial charge is 0.0133 e. The van der Waals surface area contributed by atoms with E-state index in [2.05, 4.69) is 25.7 Å². The number of rotatable bonds is 2. The van der Waals surface area contributed by atoms with Gasteiger partial charge in [-0.25, -0.2) is 0 Å². The van der Waals surface area contributed by atoms with Crippen LogP contribution in [-0.4, -0.2) is 0 Å². The van der Waals surface area contributed by atoms with Gasteiger partial charge in [-0.05, 0) is 18.8 Å². The van der Waals surface area contributed by atoms with E-state index in [0.29, 0.717) is 0 Å². The quantitative estimate of drug-likeness (QED) is 0.528. The molecule has 9 heavy (non-hydrogen) atoms. The van der Waals surface area contributed by atoms with Gasteiger partial charge in [0.25, 0.3) is 0 Å². The lowest BCUT2D eigenvalue weighted by molar-refractivity contribution is 0.586. The summed E-state index contributed by atoms with van der Waals surface area (Å²) in [6, 6.07) is 0. The fourth-order valence-corrected chi connectivity index (χ4v) is 1.32. The maximum Gasteiger partial charge on any atom is -0.0133 e. The average Bonchev–Trinajstić information content (AvgIpc) is 2.18. The molecule has 0 heterocycles. The summed E-state index contributed by atoms with van der Waals surface area (Å²) in [5, 5.41) is 0. The summed E-state index contributed by atoms with van der Waals surface area (Å²) in [6.45, 7) is 6.20. The second-order valence-electron chi connectivity index (χ2n) is 2.70. The first-order valence-corrected chi connectivity index (χ1v) is 3.70. The lowest BCUT2D eigenvalue weighted by atomic mass is 9.98. The summed E-state index contributed by atoms with van der Waals surface area (Å²) < 4.78 is 0.